The molecule has 0 fully saturated rings. The van der Waals surface area contributed by atoms with Gasteiger partial charge in [-0.1, -0.05) is 0 Å². The third-order valence-electron chi connectivity index (χ3n) is 0.292. The molecule has 0 aliphatic rings. The monoisotopic (exact) mass is 170 g/mol. The summed E-state index contributed by atoms with van der Waals surface area (Å²) in [6, 6.07) is 0. The number of hydrogen-bond donors (Lipinski definition) is 2. The molecular formula is H2N4O7. The van der Waals surface area contributed by atoms with Gasteiger partial charge in [0.25, 0.3) is 0 Å². The molecular weight excluding hydrogens is 168 g/mol. The van der Waals surface area contributed by atoms with Crippen molar-refractivity contribution in [2.75, 3.05) is 0 Å². The van der Waals surface area contributed by atoms with Gasteiger partial charge in [-0.2, -0.15) is 0 Å². The molecule has 11 heteroatoms. The second-order valence-electron chi connectivity index (χ2n) is 0.932. The molecule has 0 aromatic carbocycles. The Morgan fingerprint density at radius 1 is 1.00 bits per heavy atom. The lowest BCUT2D eigenvalue weighted by Gasteiger charge is -1.93. The topological polar surface area (TPSA) is 138 Å². The van der Waals surface area contributed by atoms with E-state index >= 15 is 0 Å². The molecule has 0 radical (unpaired) electrons. The molecule has 0 amide bonds. The van der Waals surface area contributed by atoms with Crippen LogP contribution in [0.15, 0.2) is 0 Å². The number of rotatable bonds is 6. The fourth-order valence-electron chi connectivity index (χ4n) is 0.108. The zero-order valence-electron chi connectivity index (χ0n) is 4.75. The van der Waals surface area contributed by atoms with E-state index in [9.17, 15) is 20.2 Å². The van der Waals surface area contributed by atoms with Crippen molar-refractivity contribution < 1.29 is 25.1 Å². The molecule has 64 valence electrons. The maximum Gasteiger partial charge on any atom is 0.186 e. The predicted octanol–water partition coefficient (Wildman–Crippen LogP) is -1.74. The van der Waals surface area contributed by atoms with Crippen LogP contribution in [0.3, 0.4) is 0 Å². The van der Waals surface area contributed by atoms with Gasteiger partial charge in [-0.15, -0.1) is 0 Å². The summed E-state index contributed by atoms with van der Waals surface area (Å²) in [4.78, 5) is 25.6. The lowest BCUT2D eigenvalue weighted by Crippen LogP contribution is -2.27. The van der Waals surface area contributed by atoms with E-state index in [0.29, 0.717) is 0 Å². The summed E-state index contributed by atoms with van der Waals surface area (Å²) in [6.45, 7) is 0. The first kappa shape index (κ1) is 9.28. The number of nitrogens with zero attached hydrogens (tertiary/aromatic N) is 2. The number of hydrogen-bond acceptors (Lipinski definition) is 7. The van der Waals surface area contributed by atoms with Crippen molar-refractivity contribution in [3.8, 4) is 0 Å². The van der Waals surface area contributed by atoms with Crippen molar-refractivity contribution in [2.24, 2.45) is 0 Å². The smallest absolute Gasteiger partial charge is 0.186 e. The van der Waals surface area contributed by atoms with E-state index in [1.54, 1.807) is 0 Å². The molecule has 11 heavy (non-hydrogen) atoms. The largest absolute Gasteiger partial charge is 0.233 e. The van der Waals surface area contributed by atoms with Crippen LogP contribution in [-0.2, 0) is 15.0 Å². The maximum atomic E-state index is 9.38. The molecule has 0 bridgehead atoms. The lowest BCUT2D eigenvalue weighted by atomic mass is 12.6. The molecule has 0 aliphatic heterocycles. The number of hydrazine groups is 2. The average Bonchev–Trinajstić information content (AvgIpc) is 1.85. The van der Waals surface area contributed by atoms with Crippen LogP contribution in [0.25, 0.3) is 0 Å². The highest BCUT2D eigenvalue weighted by molar-refractivity contribution is 3.90. The van der Waals surface area contributed by atoms with E-state index in [1.807, 2.05) is 0 Å². The molecule has 0 aliphatic carbocycles. The zero-order valence-corrected chi connectivity index (χ0v) is 4.75. The number of nitro groups is 2. The summed E-state index contributed by atoms with van der Waals surface area (Å²) < 4.78 is 0. The Morgan fingerprint density at radius 2 is 1.36 bits per heavy atom. The second kappa shape index (κ2) is 5.10. The Kier molecular flexibility index (Phi) is 4.30. The first-order chi connectivity index (χ1) is 5.13. The minimum Gasteiger partial charge on any atom is -0.233 e. The highest BCUT2D eigenvalue weighted by Crippen LogP contribution is 1.71. The van der Waals surface area contributed by atoms with Crippen LogP contribution in [-0.4, -0.2) is 10.1 Å². The van der Waals surface area contributed by atoms with Crippen LogP contribution in [0, 0.1) is 20.2 Å². The molecule has 0 rings (SSSR count). The van der Waals surface area contributed by atoms with Gasteiger partial charge in [0, 0.05) is 11.2 Å². The molecule has 2 N–H and O–H groups in total. The van der Waals surface area contributed by atoms with Gasteiger partial charge in [0.15, 0.2) is 10.1 Å². The van der Waals surface area contributed by atoms with Crippen LogP contribution in [0.5, 0.6) is 0 Å². The Morgan fingerprint density at radius 3 is 1.64 bits per heavy atom. The third-order valence-corrected chi connectivity index (χ3v) is 0.292. The summed E-state index contributed by atoms with van der Waals surface area (Å²) in [5.41, 5.74) is 2.06. The van der Waals surface area contributed by atoms with Crippen molar-refractivity contribution in [3.63, 3.8) is 0 Å². The third kappa shape index (κ3) is 8.28. The molecule has 0 saturated carbocycles. The van der Waals surface area contributed by atoms with Gasteiger partial charge in [0.05, 0.1) is 0 Å². The fourth-order valence-corrected chi connectivity index (χ4v) is 0.108. The summed E-state index contributed by atoms with van der Waals surface area (Å²) in [5.74, 6) is 0. The summed E-state index contributed by atoms with van der Waals surface area (Å²) in [7, 11) is 0. The average molecular weight is 170 g/mol. The summed E-state index contributed by atoms with van der Waals surface area (Å²) in [5, 5.41) is 19.9. The first-order valence-corrected chi connectivity index (χ1v) is 1.92. The molecule has 0 aromatic rings. The normalized spacial score (nSPS) is 8.73. The number of nitrogens with one attached hydrogen (secondary N) is 2. The Bertz CT molecular complexity index is 125. The van der Waals surface area contributed by atoms with E-state index in [4.69, 9.17) is 0 Å². The van der Waals surface area contributed by atoms with Gasteiger partial charge in [-0.05, 0) is 15.0 Å². The van der Waals surface area contributed by atoms with Gasteiger partial charge in [0.2, 0.25) is 0 Å². The first-order valence-electron chi connectivity index (χ1n) is 1.92. The Hall–Kier alpha value is -1.72. The Labute approximate surface area is 57.8 Å². The molecule has 11 nitrogen and oxygen atoms in total. The van der Waals surface area contributed by atoms with Crippen molar-refractivity contribution in [3.05, 3.63) is 20.2 Å². The highest BCUT2D eigenvalue weighted by Gasteiger charge is 1.97. The van der Waals surface area contributed by atoms with E-state index in [0.717, 1.165) is 11.2 Å². The van der Waals surface area contributed by atoms with Gasteiger partial charge in [0.1, 0.15) is 0 Å². The van der Waals surface area contributed by atoms with Gasteiger partial charge in [-0.3, -0.25) is 0 Å². The Balaban J connectivity index is 3.03. The van der Waals surface area contributed by atoms with E-state index in [-0.39, 0.29) is 0 Å². The minimum atomic E-state index is -1.12. The van der Waals surface area contributed by atoms with Crippen LogP contribution in [0.4, 0.5) is 0 Å². The molecule has 0 aromatic heterocycles. The molecule has 0 spiro atoms. The highest BCUT2D eigenvalue weighted by atomic mass is 17.6. The van der Waals surface area contributed by atoms with Gasteiger partial charge in [-0.25, -0.2) is 20.2 Å². The standard InChI is InChI=1S/H2N4O7/c5-3(6)1-9-11-10-2-4(7)8/h1-2H. The van der Waals surface area contributed by atoms with Crippen molar-refractivity contribution in [1.29, 1.82) is 0 Å². The molecule has 0 heterocycles. The summed E-state index contributed by atoms with van der Waals surface area (Å²) >= 11 is 0. The minimum absolute atomic E-state index is 1.03. The SMILES string of the molecule is O=[N+]([O-])NOOON[N+](=O)[O-]. The van der Waals surface area contributed by atoms with Gasteiger partial charge >= 0.3 is 0 Å². The van der Waals surface area contributed by atoms with Crippen LogP contribution in [0.2, 0.25) is 0 Å². The van der Waals surface area contributed by atoms with E-state index in [1.165, 1.54) is 0 Å². The predicted molar refractivity (Wildman–Crippen MR) is 23.5 cm³/mol. The van der Waals surface area contributed by atoms with Crippen molar-refractivity contribution in [1.82, 2.24) is 11.2 Å². The summed E-state index contributed by atoms with van der Waals surface area (Å²) in [6.07, 6.45) is 0. The van der Waals surface area contributed by atoms with Gasteiger partial charge < -0.3 is 0 Å². The second-order valence-corrected chi connectivity index (χ2v) is 0.932. The molecule has 0 atom stereocenters. The van der Waals surface area contributed by atoms with Crippen LogP contribution in [0.1, 0.15) is 0 Å². The van der Waals surface area contributed by atoms with Crippen LogP contribution < -0.4 is 11.2 Å². The molecule has 0 unspecified atom stereocenters. The fraction of sp³-hybridized carbons (Fsp3) is 0. The van der Waals surface area contributed by atoms with Crippen molar-refractivity contribution in [2.45, 2.75) is 0 Å². The van der Waals surface area contributed by atoms with Crippen LogP contribution >= 0.6 is 0 Å². The zero-order chi connectivity index (χ0) is 8.69. The van der Waals surface area contributed by atoms with Crippen molar-refractivity contribution >= 4 is 0 Å². The lowest BCUT2D eigenvalue weighted by molar-refractivity contribution is -0.744. The maximum absolute atomic E-state index is 9.38. The van der Waals surface area contributed by atoms with E-state index in [2.05, 4.69) is 15.0 Å². The quantitative estimate of drug-likeness (QED) is 0.205. The molecule has 0 saturated heterocycles. The van der Waals surface area contributed by atoms with E-state index < -0.39 is 10.1 Å².